The number of para-hydroxylation sites is 8. The number of nitriles is 1. The van der Waals surface area contributed by atoms with Crippen LogP contribution < -0.4 is 0 Å². The first kappa shape index (κ1) is 58.4. The van der Waals surface area contributed by atoms with Crippen LogP contribution in [0.15, 0.2) is 322 Å². The number of halogens is 3. The standard InChI is InChI=1S/C93H56F3N7/c1-56-48-59(93(94,95)96)36-42-64(56)58-35-43-87(102-88-44-37-60(98-79-26-10-2-18-65(79)66-19-3-11-27-80(66)98)51-75(88)76-52-61(38-45-89(76)102)99-81-28-12-4-20-67(81)68-21-5-13-29-82(68)99)74(50-58)73-41-34-57(55-97)49-92(73)103-90-46-39-62(100-83-30-14-6-22-69(83)70-23-7-15-31-84(70)100)53-77(90)78-54-63(40-47-91(78)103)101-85-32-16-8-24-71(85)72-25-9-17-33-86(72)101/h2-54H,1H3. The molecular formula is C93H56F3N7. The summed E-state index contributed by atoms with van der Waals surface area (Å²) in [5, 5.41) is 24.5. The summed E-state index contributed by atoms with van der Waals surface area (Å²) in [6.07, 6.45) is -4.54. The van der Waals surface area contributed by atoms with Gasteiger partial charge in [-0.2, -0.15) is 18.4 Å². The van der Waals surface area contributed by atoms with Gasteiger partial charge >= 0.3 is 6.18 Å². The van der Waals surface area contributed by atoms with Gasteiger partial charge in [0.1, 0.15) is 0 Å². The lowest BCUT2D eigenvalue weighted by Crippen LogP contribution is -2.05. The Balaban J connectivity index is 0.860. The van der Waals surface area contributed by atoms with Gasteiger partial charge in [-0.3, -0.25) is 0 Å². The molecule has 0 amide bonds. The minimum atomic E-state index is -4.54. The third-order valence-electron chi connectivity index (χ3n) is 21.6. The maximum atomic E-state index is 14.6. The Hall–Kier alpha value is -13.6. The van der Waals surface area contributed by atoms with Crippen LogP contribution in [-0.2, 0) is 6.18 Å². The van der Waals surface area contributed by atoms with Crippen molar-refractivity contribution in [2.45, 2.75) is 13.1 Å². The van der Waals surface area contributed by atoms with Crippen LogP contribution in [0, 0.1) is 18.3 Å². The monoisotopic (exact) mass is 1330 g/mol. The minimum absolute atomic E-state index is 0.459. The molecule has 0 atom stereocenters. The number of hydrogen-bond donors (Lipinski definition) is 0. The van der Waals surface area contributed by atoms with Gasteiger partial charge in [0.25, 0.3) is 0 Å². The lowest BCUT2D eigenvalue weighted by Gasteiger charge is -2.21. The number of alkyl halides is 3. The normalized spacial score (nSPS) is 12.3. The van der Waals surface area contributed by atoms with E-state index in [9.17, 15) is 18.4 Å². The van der Waals surface area contributed by atoms with Crippen molar-refractivity contribution in [2.75, 3.05) is 0 Å². The van der Waals surface area contributed by atoms with Gasteiger partial charge in [0.2, 0.25) is 0 Å². The first-order valence-electron chi connectivity index (χ1n) is 34.6. The third kappa shape index (κ3) is 8.57. The van der Waals surface area contributed by atoms with Crippen LogP contribution in [-0.4, -0.2) is 27.4 Å². The van der Waals surface area contributed by atoms with Crippen LogP contribution in [0.25, 0.3) is 187 Å². The Bertz CT molecular complexity index is 6720. The summed E-state index contributed by atoms with van der Waals surface area (Å²) in [7, 11) is 0. The lowest BCUT2D eigenvalue weighted by atomic mass is 9.92. The predicted octanol–water partition coefficient (Wildman–Crippen LogP) is 24.8. The van der Waals surface area contributed by atoms with Crippen LogP contribution in [0.5, 0.6) is 0 Å². The topological polar surface area (TPSA) is 53.4 Å². The second-order valence-electron chi connectivity index (χ2n) is 27.1. The smallest absolute Gasteiger partial charge is 0.309 e. The summed E-state index contributed by atoms with van der Waals surface area (Å²) >= 11 is 0. The number of benzene rings is 15. The van der Waals surface area contributed by atoms with Crippen molar-refractivity contribution in [3.63, 3.8) is 0 Å². The highest BCUT2D eigenvalue weighted by Gasteiger charge is 2.32. The fourth-order valence-electron chi connectivity index (χ4n) is 17.2. The van der Waals surface area contributed by atoms with Crippen molar-refractivity contribution in [3.8, 4) is 62.4 Å². The van der Waals surface area contributed by atoms with E-state index in [1.807, 2.05) is 18.2 Å². The van der Waals surface area contributed by atoms with Crippen molar-refractivity contribution >= 4 is 131 Å². The molecule has 0 fully saturated rings. The maximum absolute atomic E-state index is 14.6. The summed E-state index contributed by atoms with van der Waals surface area (Å²) in [6.45, 7) is 1.75. The number of nitrogens with zero attached hydrogens (tertiary/aromatic N) is 7. The summed E-state index contributed by atoms with van der Waals surface area (Å²) in [5.41, 5.74) is 21.3. The molecular weight excluding hydrogens is 1270 g/mol. The number of aryl methyl sites for hydroxylation is 1. The van der Waals surface area contributed by atoms with E-state index in [2.05, 4.69) is 319 Å². The van der Waals surface area contributed by atoms with Crippen LogP contribution >= 0.6 is 0 Å². The largest absolute Gasteiger partial charge is 0.416 e. The average Bonchev–Trinajstić information content (AvgIpc) is 1.55. The summed E-state index contributed by atoms with van der Waals surface area (Å²) < 4.78 is 57.9. The molecule has 0 saturated carbocycles. The molecule has 21 aromatic rings. The van der Waals surface area contributed by atoms with Gasteiger partial charge in [0, 0.05) is 98.5 Å². The van der Waals surface area contributed by atoms with Crippen molar-refractivity contribution < 1.29 is 13.2 Å². The first-order valence-corrected chi connectivity index (χ1v) is 34.6. The van der Waals surface area contributed by atoms with E-state index in [0.717, 1.165) is 182 Å². The third-order valence-corrected chi connectivity index (χ3v) is 21.6. The molecule has 10 heteroatoms. The molecule has 7 nitrogen and oxygen atoms in total. The summed E-state index contributed by atoms with van der Waals surface area (Å²) in [5.74, 6) is 0. The number of rotatable bonds is 8. The van der Waals surface area contributed by atoms with Gasteiger partial charge in [0.15, 0.2) is 0 Å². The summed E-state index contributed by atoms with van der Waals surface area (Å²) in [6, 6.07) is 114. The van der Waals surface area contributed by atoms with Crippen molar-refractivity contribution in [2.24, 2.45) is 0 Å². The van der Waals surface area contributed by atoms with Crippen molar-refractivity contribution in [3.05, 3.63) is 338 Å². The second kappa shape index (κ2) is 21.9. The molecule has 21 rings (SSSR count). The van der Waals surface area contributed by atoms with Crippen LogP contribution in [0.1, 0.15) is 16.7 Å². The van der Waals surface area contributed by atoms with E-state index in [0.29, 0.717) is 16.7 Å². The summed E-state index contributed by atoms with van der Waals surface area (Å²) in [4.78, 5) is 0. The molecule has 0 aliphatic carbocycles. The van der Waals surface area contributed by atoms with E-state index in [1.54, 1.807) is 13.0 Å². The highest BCUT2D eigenvalue weighted by atomic mass is 19.4. The van der Waals surface area contributed by atoms with Crippen LogP contribution in [0.4, 0.5) is 13.2 Å². The Kier molecular flexibility index (Phi) is 12.4. The van der Waals surface area contributed by atoms with E-state index < -0.39 is 11.7 Å². The SMILES string of the molecule is Cc1cc(C(F)(F)F)ccc1-c1ccc(-n2c3ccc(-n4c5ccccc5c5ccccc54)cc3c3cc(-n4c5ccccc5c5ccccc54)ccc32)c(-c2ccc(C#N)cc2-n2c3ccc(-n4c5ccccc5c5ccccc54)cc3c3cc(-n4c5ccccc5c5ccccc54)ccc32)c1. The predicted molar refractivity (Wildman–Crippen MR) is 418 cm³/mol. The molecule has 484 valence electrons. The molecule has 103 heavy (non-hydrogen) atoms. The molecule has 0 N–H and O–H groups in total. The molecule has 0 aliphatic rings. The fourth-order valence-corrected chi connectivity index (χ4v) is 17.2. The van der Waals surface area contributed by atoms with Crippen molar-refractivity contribution in [1.82, 2.24) is 27.4 Å². The average molecular weight is 1330 g/mol. The van der Waals surface area contributed by atoms with Crippen LogP contribution in [0.3, 0.4) is 0 Å². The second-order valence-corrected chi connectivity index (χ2v) is 27.1. The van der Waals surface area contributed by atoms with Crippen molar-refractivity contribution in [1.29, 1.82) is 5.26 Å². The zero-order valence-corrected chi connectivity index (χ0v) is 55.4. The van der Waals surface area contributed by atoms with Gasteiger partial charge < -0.3 is 27.4 Å². The maximum Gasteiger partial charge on any atom is 0.416 e. The van der Waals surface area contributed by atoms with Gasteiger partial charge in [0.05, 0.1) is 94.8 Å². The zero-order valence-electron chi connectivity index (χ0n) is 55.4. The van der Waals surface area contributed by atoms with Crippen LogP contribution in [0.2, 0.25) is 0 Å². The Labute approximate surface area is 587 Å². The first-order chi connectivity index (χ1) is 50.6. The van der Waals surface area contributed by atoms with Gasteiger partial charge in [-0.1, -0.05) is 164 Å². The highest BCUT2D eigenvalue weighted by molar-refractivity contribution is 6.17. The van der Waals surface area contributed by atoms with Gasteiger partial charge in [-0.05, 0) is 181 Å². The van der Waals surface area contributed by atoms with Gasteiger partial charge in [-0.15, -0.1) is 0 Å². The zero-order chi connectivity index (χ0) is 68.5. The molecule has 0 saturated heterocycles. The molecule has 0 unspecified atom stereocenters. The Morgan fingerprint density at radius 1 is 0.252 bits per heavy atom. The molecule has 6 heterocycles. The Morgan fingerprint density at radius 2 is 0.553 bits per heavy atom. The number of hydrogen-bond acceptors (Lipinski definition) is 1. The highest BCUT2D eigenvalue weighted by Crippen LogP contribution is 2.47. The van der Waals surface area contributed by atoms with E-state index in [4.69, 9.17) is 0 Å². The quantitative estimate of drug-likeness (QED) is 0.150. The molecule has 0 radical (unpaired) electrons. The fraction of sp³-hybridized carbons (Fsp3) is 0.0215. The molecule has 6 aromatic heterocycles. The Morgan fingerprint density at radius 3 is 0.864 bits per heavy atom. The molecule has 15 aromatic carbocycles. The van der Waals surface area contributed by atoms with E-state index in [-0.39, 0.29) is 0 Å². The van der Waals surface area contributed by atoms with E-state index in [1.165, 1.54) is 12.1 Å². The lowest BCUT2D eigenvalue weighted by molar-refractivity contribution is -0.137. The molecule has 0 bridgehead atoms. The molecule has 0 aliphatic heterocycles. The molecule has 0 spiro atoms. The van der Waals surface area contributed by atoms with Gasteiger partial charge in [-0.25, -0.2) is 0 Å². The number of fused-ring (bicyclic) bond motifs is 18. The minimum Gasteiger partial charge on any atom is -0.309 e. The number of aromatic nitrogens is 6. The van der Waals surface area contributed by atoms with E-state index >= 15 is 0 Å².